The first-order chi connectivity index (χ1) is 17.0. The molecule has 2 amide bonds. The maximum Gasteiger partial charge on any atom is 0.253 e. The first-order valence-electron chi connectivity index (χ1n) is 12.2. The van der Waals surface area contributed by atoms with Gasteiger partial charge in [-0.1, -0.05) is 32.0 Å². The van der Waals surface area contributed by atoms with E-state index in [9.17, 15) is 9.59 Å². The largest absolute Gasteiger partial charge is 0.365 e. The van der Waals surface area contributed by atoms with Crippen molar-refractivity contribution in [1.29, 1.82) is 0 Å². The molecule has 7 nitrogen and oxygen atoms in total. The van der Waals surface area contributed by atoms with E-state index in [1.807, 2.05) is 38.4 Å². The minimum atomic E-state index is -0.332. The SMILES string of the molecule is CC.Cn1ccc(C(=O)NCC(=O)Nc2nc(-c3cccc(C4=CC(C)(C)OC(C)(C)C4)c3)cs2)c1. The van der Waals surface area contributed by atoms with Crippen LogP contribution in [0.2, 0.25) is 0 Å². The molecule has 0 spiro atoms. The summed E-state index contributed by atoms with van der Waals surface area (Å²) in [4.78, 5) is 29.0. The summed E-state index contributed by atoms with van der Waals surface area (Å²) in [7, 11) is 1.83. The fourth-order valence-corrected chi connectivity index (χ4v) is 5.03. The van der Waals surface area contributed by atoms with Crippen molar-refractivity contribution in [3.05, 3.63) is 65.3 Å². The number of carbonyl (C=O) groups is 2. The van der Waals surface area contributed by atoms with Gasteiger partial charge in [-0.25, -0.2) is 4.98 Å². The third kappa shape index (κ3) is 7.15. The Morgan fingerprint density at radius 2 is 1.86 bits per heavy atom. The Morgan fingerprint density at radius 1 is 1.14 bits per heavy atom. The molecular weight excluding hydrogens is 472 g/mol. The van der Waals surface area contributed by atoms with Crippen LogP contribution in [0.5, 0.6) is 0 Å². The molecule has 1 aliphatic heterocycles. The highest BCUT2D eigenvalue weighted by molar-refractivity contribution is 7.14. The van der Waals surface area contributed by atoms with Crippen LogP contribution in [0.15, 0.2) is 54.2 Å². The first kappa shape index (κ1) is 27.4. The third-order valence-corrected chi connectivity index (χ3v) is 6.22. The standard InChI is InChI=1S/C26H30N4O3S.C2H6/c1-25(2)12-20(13-26(3,4)33-25)17-7-6-8-18(11-17)21-16-34-24(28-21)29-22(31)14-27-23(32)19-9-10-30(5)15-19;1-2/h6-12,15-16H,13-14H2,1-5H3,(H,27,32)(H,28,29,31);1-2H3. The van der Waals surface area contributed by atoms with Crippen molar-refractivity contribution < 1.29 is 14.3 Å². The summed E-state index contributed by atoms with van der Waals surface area (Å²) in [6, 6.07) is 9.98. The summed E-state index contributed by atoms with van der Waals surface area (Å²) < 4.78 is 7.95. The van der Waals surface area contributed by atoms with E-state index < -0.39 is 0 Å². The first-order valence-corrected chi connectivity index (χ1v) is 13.1. The topological polar surface area (TPSA) is 85.3 Å². The summed E-state index contributed by atoms with van der Waals surface area (Å²) in [5.41, 5.74) is 4.11. The second-order valence-electron chi connectivity index (χ2n) is 9.73. The number of hydrogen-bond acceptors (Lipinski definition) is 5. The average molecular weight is 509 g/mol. The Morgan fingerprint density at radius 3 is 2.53 bits per heavy atom. The van der Waals surface area contributed by atoms with Gasteiger partial charge in [0, 0.05) is 36.8 Å². The van der Waals surface area contributed by atoms with E-state index in [1.54, 1.807) is 23.0 Å². The molecule has 0 saturated heterocycles. The highest BCUT2D eigenvalue weighted by atomic mass is 32.1. The van der Waals surface area contributed by atoms with E-state index >= 15 is 0 Å². The van der Waals surface area contributed by atoms with Gasteiger partial charge in [0.05, 0.1) is 29.0 Å². The summed E-state index contributed by atoms with van der Waals surface area (Å²) in [6.07, 6.45) is 6.50. The zero-order valence-electron chi connectivity index (χ0n) is 22.1. The van der Waals surface area contributed by atoms with Gasteiger partial charge >= 0.3 is 0 Å². The Hall–Kier alpha value is -3.23. The van der Waals surface area contributed by atoms with Crippen molar-refractivity contribution in [3.8, 4) is 11.3 Å². The lowest BCUT2D eigenvalue weighted by molar-refractivity contribution is -0.115. The number of ether oxygens (including phenoxy) is 1. The fourth-order valence-electron chi connectivity index (χ4n) is 4.30. The van der Waals surface area contributed by atoms with Crippen molar-refractivity contribution in [3.63, 3.8) is 0 Å². The third-order valence-electron chi connectivity index (χ3n) is 5.46. The van der Waals surface area contributed by atoms with Crippen LogP contribution in [0, 0.1) is 0 Å². The van der Waals surface area contributed by atoms with Crippen LogP contribution in [0.1, 0.15) is 63.9 Å². The lowest BCUT2D eigenvalue weighted by Gasteiger charge is -2.40. The number of rotatable bonds is 6. The fraction of sp³-hybridized carbons (Fsp3) is 0.393. The van der Waals surface area contributed by atoms with Crippen molar-refractivity contribution >= 4 is 33.9 Å². The van der Waals surface area contributed by atoms with Gasteiger partial charge in [-0.15, -0.1) is 11.3 Å². The zero-order chi connectivity index (χ0) is 26.5. The minimum absolute atomic E-state index is 0.125. The van der Waals surface area contributed by atoms with Crippen LogP contribution in [0.4, 0.5) is 5.13 Å². The van der Waals surface area contributed by atoms with Crippen LogP contribution >= 0.6 is 11.3 Å². The summed E-state index contributed by atoms with van der Waals surface area (Å²) in [6.45, 7) is 12.3. The molecule has 2 N–H and O–H groups in total. The Kier molecular flexibility index (Phi) is 8.53. The van der Waals surface area contributed by atoms with Crippen LogP contribution < -0.4 is 10.6 Å². The summed E-state index contributed by atoms with van der Waals surface area (Å²) in [5, 5.41) is 7.80. The molecule has 4 rings (SSSR count). The van der Waals surface area contributed by atoms with Gasteiger partial charge in [0.15, 0.2) is 5.13 Å². The molecule has 0 saturated carbocycles. The number of benzene rings is 1. The second kappa shape index (κ2) is 11.2. The smallest absolute Gasteiger partial charge is 0.253 e. The predicted molar refractivity (Wildman–Crippen MR) is 147 cm³/mol. The van der Waals surface area contributed by atoms with Crippen LogP contribution in [0.25, 0.3) is 16.8 Å². The number of carbonyl (C=O) groups excluding carboxylic acids is 2. The molecule has 3 heterocycles. The maximum atomic E-state index is 12.3. The van der Waals surface area contributed by atoms with E-state index in [0.29, 0.717) is 10.7 Å². The number of hydrogen-bond donors (Lipinski definition) is 2. The van der Waals surface area contributed by atoms with Gasteiger partial charge in [0.25, 0.3) is 5.91 Å². The number of nitrogens with one attached hydrogen (secondary N) is 2. The van der Waals surface area contributed by atoms with Crippen molar-refractivity contribution in [2.45, 2.75) is 59.2 Å². The molecule has 0 unspecified atom stereocenters. The highest BCUT2D eigenvalue weighted by Gasteiger charge is 2.34. The summed E-state index contributed by atoms with van der Waals surface area (Å²) >= 11 is 1.35. The number of amides is 2. The number of nitrogens with zero attached hydrogens (tertiary/aromatic N) is 2. The van der Waals surface area contributed by atoms with Gasteiger partial charge in [-0.3, -0.25) is 9.59 Å². The van der Waals surface area contributed by atoms with Crippen LogP contribution in [-0.2, 0) is 16.6 Å². The Bertz CT molecular complexity index is 1250. The molecular formula is C28H36N4O3S. The molecule has 1 aromatic carbocycles. The normalized spacial score (nSPS) is 15.8. The molecule has 0 bridgehead atoms. The Balaban J connectivity index is 0.00000176. The number of aryl methyl sites for hydroxylation is 1. The predicted octanol–water partition coefficient (Wildman–Crippen LogP) is 5.90. The Labute approximate surface area is 217 Å². The van der Waals surface area contributed by atoms with Crippen molar-refractivity contribution in [2.24, 2.45) is 7.05 Å². The molecule has 36 heavy (non-hydrogen) atoms. The molecule has 2 aromatic heterocycles. The molecule has 0 fully saturated rings. The molecule has 1 aliphatic rings. The molecule has 3 aromatic rings. The van der Waals surface area contributed by atoms with E-state index in [-0.39, 0.29) is 29.6 Å². The zero-order valence-corrected chi connectivity index (χ0v) is 23.0. The van der Waals surface area contributed by atoms with Gasteiger partial charge in [0.1, 0.15) is 0 Å². The lowest BCUT2D eigenvalue weighted by Crippen LogP contribution is -2.39. The molecule has 0 atom stereocenters. The number of aromatic nitrogens is 2. The second-order valence-corrected chi connectivity index (χ2v) is 10.6. The molecule has 0 radical (unpaired) electrons. The van der Waals surface area contributed by atoms with Gasteiger partial charge in [-0.05, 0) is 57.0 Å². The van der Waals surface area contributed by atoms with Crippen molar-refractivity contribution in [1.82, 2.24) is 14.9 Å². The highest BCUT2D eigenvalue weighted by Crippen LogP contribution is 2.39. The number of anilines is 1. The summed E-state index contributed by atoms with van der Waals surface area (Å²) in [5.74, 6) is -0.614. The van der Waals surface area contributed by atoms with Crippen LogP contribution in [-0.4, -0.2) is 39.1 Å². The quantitative estimate of drug-likeness (QED) is 0.434. The van der Waals surface area contributed by atoms with E-state index in [2.05, 4.69) is 61.5 Å². The van der Waals surface area contributed by atoms with Crippen molar-refractivity contribution in [2.75, 3.05) is 11.9 Å². The minimum Gasteiger partial charge on any atom is -0.365 e. The van der Waals surface area contributed by atoms with E-state index in [1.165, 1.54) is 16.9 Å². The van der Waals surface area contributed by atoms with Gasteiger partial charge in [0.2, 0.25) is 5.91 Å². The molecule has 192 valence electrons. The maximum absolute atomic E-state index is 12.3. The molecule has 8 heteroatoms. The monoisotopic (exact) mass is 508 g/mol. The van der Waals surface area contributed by atoms with Crippen LogP contribution in [0.3, 0.4) is 0 Å². The molecule has 0 aliphatic carbocycles. The number of thiazole rings is 1. The van der Waals surface area contributed by atoms with E-state index in [0.717, 1.165) is 23.2 Å². The van der Waals surface area contributed by atoms with Gasteiger partial charge < -0.3 is 19.9 Å². The van der Waals surface area contributed by atoms with E-state index in [4.69, 9.17) is 4.74 Å². The lowest BCUT2D eigenvalue weighted by atomic mass is 9.85. The average Bonchev–Trinajstić information content (AvgIpc) is 3.46. The van der Waals surface area contributed by atoms with Gasteiger partial charge in [-0.2, -0.15) is 0 Å².